The van der Waals surface area contributed by atoms with Crippen LogP contribution in [0.25, 0.3) is 0 Å². The molecule has 0 aromatic heterocycles. The topological polar surface area (TPSA) is 95.7 Å². The van der Waals surface area contributed by atoms with Crippen LogP contribution in [-0.2, 0) is 10.2 Å². The van der Waals surface area contributed by atoms with Crippen molar-refractivity contribution in [3.63, 3.8) is 0 Å². The zero-order valence-electron chi connectivity index (χ0n) is 11.5. The van der Waals surface area contributed by atoms with Gasteiger partial charge in [0, 0.05) is 31.7 Å². The zero-order chi connectivity index (χ0) is 15.6. The molecule has 1 saturated heterocycles. The third-order valence-electron chi connectivity index (χ3n) is 3.29. The van der Waals surface area contributed by atoms with E-state index in [9.17, 15) is 17.6 Å². The first-order valence-corrected chi connectivity index (χ1v) is 7.79. The van der Waals surface area contributed by atoms with E-state index >= 15 is 0 Å². The van der Waals surface area contributed by atoms with Gasteiger partial charge in [0.05, 0.1) is 5.69 Å². The molecule has 0 bridgehead atoms. The maximum Gasteiger partial charge on any atom is 0.301 e. The Kier molecular flexibility index (Phi) is 4.45. The lowest BCUT2D eigenvalue weighted by Gasteiger charge is -2.31. The van der Waals surface area contributed by atoms with Crippen LogP contribution in [0.1, 0.15) is 10.4 Å². The Hall–Kier alpha value is -1.71. The highest BCUT2D eigenvalue weighted by Crippen LogP contribution is 2.18. The minimum absolute atomic E-state index is 0.0185. The number of halogens is 1. The van der Waals surface area contributed by atoms with Crippen LogP contribution in [0.2, 0.25) is 0 Å². The van der Waals surface area contributed by atoms with Crippen molar-refractivity contribution >= 4 is 21.8 Å². The summed E-state index contributed by atoms with van der Waals surface area (Å²) in [7, 11) is -1.91. The maximum absolute atomic E-state index is 13.8. The van der Waals surface area contributed by atoms with E-state index < -0.39 is 21.9 Å². The number of nitrogens with zero attached hydrogens (tertiary/aromatic N) is 2. The molecule has 7 nitrogen and oxygen atoms in total. The number of hydrogen-bond donors (Lipinski definition) is 2. The number of likely N-dealkylation sites (N-methyl/N-ethyl adjacent to an activating group) is 1. The van der Waals surface area contributed by atoms with E-state index in [0.29, 0.717) is 26.2 Å². The Morgan fingerprint density at radius 3 is 2.43 bits per heavy atom. The van der Waals surface area contributed by atoms with Crippen molar-refractivity contribution in [1.82, 2.24) is 9.21 Å². The first-order valence-electron chi connectivity index (χ1n) is 6.35. The van der Waals surface area contributed by atoms with Gasteiger partial charge in [-0.3, -0.25) is 9.52 Å². The Labute approximate surface area is 122 Å². The van der Waals surface area contributed by atoms with Crippen molar-refractivity contribution < 1.29 is 17.6 Å². The van der Waals surface area contributed by atoms with Gasteiger partial charge in [0.15, 0.2) is 0 Å². The second-order valence-electron chi connectivity index (χ2n) is 4.87. The fourth-order valence-corrected chi connectivity index (χ4v) is 3.20. The Morgan fingerprint density at radius 1 is 1.29 bits per heavy atom. The van der Waals surface area contributed by atoms with Crippen LogP contribution in [0.5, 0.6) is 0 Å². The van der Waals surface area contributed by atoms with E-state index in [4.69, 9.17) is 5.73 Å². The Bertz CT molecular complexity index is 642. The molecule has 9 heteroatoms. The first kappa shape index (κ1) is 15.7. The standard InChI is InChI=1S/C12H17FN4O3S/c1-16-4-6-17(7-5-16)21(19,20)15-11-3-2-9(12(14)18)8-10(11)13/h2-3,8,15H,4-7H2,1H3,(H2,14,18). The van der Waals surface area contributed by atoms with E-state index in [0.717, 1.165) is 6.07 Å². The summed E-state index contributed by atoms with van der Waals surface area (Å²) < 4.78 is 41.6. The fraction of sp³-hybridized carbons (Fsp3) is 0.417. The predicted molar refractivity (Wildman–Crippen MR) is 76.5 cm³/mol. The van der Waals surface area contributed by atoms with Gasteiger partial charge in [-0.2, -0.15) is 12.7 Å². The number of nitrogens with one attached hydrogen (secondary N) is 1. The molecule has 21 heavy (non-hydrogen) atoms. The number of anilines is 1. The normalized spacial score (nSPS) is 17.6. The lowest BCUT2D eigenvalue weighted by atomic mass is 10.2. The summed E-state index contributed by atoms with van der Waals surface area (Å²) in [6, 6.07) is 3.36. The highest BCUT2D eigenvalue weighted by Gasteiger charge is 2.26. The quantitative estimate of drug-likeness (QED) is 0.806. The SMILES string of the molecule is CN1CCN(S(=O)(=O)Nc2ccc(C(N)=O)cc2F)CC1. The Morgan fingerprint density at radius 2 is 1.90 bits per heavy atom. The van der Waals surface area contributed by atoms with Crippen molar-refractivity contribution in [3.8, 4) is 0 Å². The molecule has 0 saturated carbocycles. The second kappa shape index (κ2) is 5.96. The van der Waals surface area contributed by atoms with E-state index in [1.807, 2.05) is 11.9 Å². The summed E-state index contributed by atoms with van der Waals surface area (Å²) in [4.78, 5) is 12.9. The van der Waals surface area contributed by atoms with Crippen LogP contribution < -0.4 is 10.5 Å². The van der Waals surface area contributed by atoms with Gasteiger partial charge in [0.1, 0.15) is 5.82 Å². The third-order valence-corrected chi connectivity index (χ3v) is 4.82. The predicted octanol–water partition coefficient (Wildman–Crippen LogP) is -0.171. The molecule has 2 rings (SSSR count). The first-order chi connectivity index (χ1) is 9.79. The van der Waals surface area contributed by atoms with Gasteiger partial charge < -0.3 is 10.6 Å². The van der Waals surface area contributed by atoms with E-state index in [2.05, 4.69) is 4.72 Å². The number of nitrogens with two attached hydrogens (primary N) is 1. The number of carbonyl (C=O) groups is 1. The molecule has 1 amide bonds. The van der Waals surface area contributed by atoms with Gasteiger partial charge in [-0.25, -0.2) is 4.39 Å². The van der Waals surface area contributed by atoms with Gasteiger partial charge in [-0.1, -0.05) is 0 Å². The largest absolute Gasteiger partial charge is 0.366 e. The van der Waals surface area contributed by atoms with Crippen molar-refractivity contribution in [3.05, 3.63) is 29.6 Å². The van der Waals surface area contributed by atoms with Gasteiger partial charge >= 0.3 is 10.2 Å². The smallest absolute Gasteiger partial charge is 0.301 e. The monoisotopic (exact) mass is 316 g/mol. The summed E-state index contributed by atoms with van der Waals surface area (Å²) in [6.07, 6.45) is 0. The number of hydrogen-bond acceptors (Lipinski definition) is 4. The van der Waals surface area contributed by atoms with Crippen molar-refractivity contribution in [2.24, 2.45) is 5.73 Å². The van der Waals surface area contributed by atoms with E-state index in [1.54, 1.807) is 0 Å². The minimum Gasteiger partial charge on any atom is -0.366 e. The van der Waals surface area contributed by atoms with Crippen LogP contribution in [0.3, 0.4) is 0 Å². The molecule has 0 radical (unpaired) electrons. The molecule has 0 spiro atoms. The lowest BCUT2D eigenvalue weighted by molar-refractivity contribution is 0.1000. The molecule has 1 aliphatic rings. The van der Waals surface area contributed by atoms with Gasteiger partial charge in [0.2, 0.25) is 5.91 Å². The molecule has 1 fully saturated rings. The summed E-state index contributed by atoms with van der Waals surface area (Å²) in [5.74, 6) is -1.62. The highest BCUT2D eigenvalue weighted by molar-refractivity contribution is 7.90. The summed E-state index contributed by atoms with van der Waals surface area (Å²) >= 11 is 0. The van der Waals surface area contributed by atoms with E-state index in [-0.39, 0.29) is 11.3 Å². The molecule has 1 aromatic rings. The van der Waals surface area contributed by atoms with Crippen LogP contribution in [0, 0.1) is 5.82 Å². The highest BCUT2D eigenvalue weighted by atomic mass is 32.2. The number of amides is 1. The maximum atomic E-state index is 13.8. The summed E-state index contributed by atoms with van der Waals surface area (Å²) in [5.41, 5.74) is 4.80. The minimum atomic E-state index is -3.81. The number of rotatable bonds is 4. The van der Waals surface area contributed by atoms with Gasteiger partial charge in [0.25, 0.3) is 0 Å². The summed E-state index contributed by atoms with van der Waals surface area (Å²) in [5, 5.41) is 0. The van der Waals surface area contributed by atoms with Crippen LogP contribution in [0.4, 0.5) is 10.1 Å². The molecular formula is C12H17FN4O3S. The van der Waals surface area contributed by atoms with Crippen LogP contribution in [0.15, 0.2) is 18.2 Å². The second-order valence-corrected chi connectivity index (χ2v) is 6.54. The molecule has 1 aromatic carbocycles. The molecule has 116 valence electrons. The van der Waals surface area contributed by atoms with Gasteiger partial charge in [-0.05, 0) is 25.2 Å². The lowest BCUT2D eigenvalue weighted by Crippen LogP contribution is -2.48. The molecule has 0 atom stereocenters. The van der Waals surface area contributed by atoms with Crippen LogP contribution >= 0.6 is 0 Å². The molecule has 0 unspecified atom stereocenters. The van der Waals surface area contributed by atoms with Crippen molar-refractivity contribution in [2.75, 3.05) is 37.9 Å². The molecule has 3 N–H and O–H groups in total. The van der Waals surface area contributed by atoms with E-state index in [1.165, 1.54) is 16.4 Å². The molecular weight excluding hydrogens is 299 g/mol. The van der Waals surface area contributed by atoms with Gasteiger partial charge in [-0.15, -0.1) is 0 Å². The molecule has 1 heterocycles. The zero-order valence-corrected chi connectivity index (χ0v) is 12.4. The average molecular weight is 316 g/mol. The fourth-order valence-electron chi connectivity index (χ4n) is 1.98. The number of carbonyl (C=O) groups excluding carboxylic acids is 1. The Balaban J connectivity index is 2.15. The number of piperazine rings is 1. The van der Waals surface area contributed by atoms with Crippen molar-refractivity contribution in [2.45, 2.75) is 0 Å². The number of primary amides is 1. The molecule has 1 aliphatic heterocycles. The third kappa shape index (κ3) is 3.69. The molecule has 0 aliphatic carbocycles. The van der Waals surface area contributed by atoms with Crippen molar-refractivity contribution in [1.29, 1.82) is 0 Å². The van der Waals surface area contributed by atoms with Crippen LogP contribution in [-0.4, -0.2) is 56.8 Å². The summed E-state index contributed by atoms with van der Waals surface area (Å²) in [6.45, 7) is 1.91. The average Bonchev–Trinajstić information content (AvgIpc) is 2.41. The number of benzene rings is 1.